The number of likely N-dealkylation sites (tertiary alicyclic amines) is 2. The predicted octanol–water partition coefficient (Wildman–Crippen LogP) is 5.97. The van der Waals surface area contributed by atoms with Crippen LogP contribution in [0, 0.1) is 12.8 Å². The first-order chi connectivity index (χ1) is 20.7. The Labute approximate surface area is 259 Å². The summed E-state index contributed by atoms with van der Waals surface area (Å²) in [6.45, 7) is 13.2. The van der Waals surface area contributed by atoms with Crippen LogP contribution in [0.15, 0.2) is 40.4 Å². The van der Waals surface area contributed by atoms with Gasteiger partial charge in [-0.2, -0.15) is 0 Å². The molecule has 0 aliphatic carbocycles. The number of carbonyl (C=O) groups is 2. The molecule has 2 saturated heterocycles. The van der Waals surface area contributed by atoms with Crippen LogP contribution < -0.4 is 10.1 Å². The van der Waals surface area contributed by atoms with Gasteiger partial charge in [-0.25, -0.2) is 4.98 Å². The Kier molecular flexibility index (Phi) is 10.2. The van der Waals surface area contributed by atoms with Gasteiger partial charge in [0.2, 0.25) is 11.8 Å². The van der Waals surface area contributed by atoms with Gasteiger partial charge in [-0.05, 0) is 75.2 Å². The molecule has 5 rings (SSSR count). The predicted molar refractivity (Wildman–Crippen MR) is 168 cm³/mol. The SMILES string of the molecule is Cc1ncsc1-c1ccc([C@H](C)NC(=O)[C@@H]2CCCN2C(=O)[C@@H](c2cc(OCCN3CCCC[C@H]3C)no2)C(C)C)cc1. The summed E-state index contributed by atoms with van der Waals surface area (Å²) in [6, 6.07) is 9.84. The Bertz CT molecular complexity index is 1370. The molecular formula is C33H45N5O4S. The van der Waals surface area contributed by atoms with Crippen molar-refractivity contribution < 1.29 is 18.8 Å². The zero-order valence-corrected chi connectivity index (χ0v) is 26.9. The number of benzene rings is 1. The van der Waals surface area contributed by atoms with Crippen LogP contribution in [0.2, 0.25) is 0 Å². The molecule has 0 spiro atoms. The lowest BCUT2D eigenvalue weighted by molar-refractivity contribution is -0.141. The minimum absolute atomic E-state index is 0.0357. The average molecular weight is 608 g/mol. The van der Waals surface area contributed by atoms with Crippen molar-refractivity contribution in [2.75, 3.05) is 26.2 Å². The van der Waals surface area contributed by atoms with E-state index >= 15 is 0 Å². The van der Waals surface area contributed by atoms with Gasteiger partial charge in [-0.1, -0.05) is 44.5 Å². The van der Waals surface area contributed by atoms with Crippen LogP contribution in [-0.4, -0.2) is 70.1 Å². The first kappa shape index (κ1) is 31.2. The van der Waals surface area contributed by atoms with Crippen LogP contribution >= 0.6 is 11.3 Å². The van der Waals surface area contributed by atoms with Gasteiger partial charge in [0.1, 0.15) is 18.6 Å². The van der Waals surface area contributed by atoms with Gasteiger partial charge in [-0.15, -0.1) is 11.3 Å². The smallest absolute Gasteiger partial charge is 0.254 e. The Morgan fingerprint density at radius 1 is 1.12 bits per heavy atom. The van der Waals surface area contributed by atoms with Gasteiger partial charge in [0.05, 0.1) is 22.1 Å². The third-order valence-electron chi connectivity index (χ3n) is 8.93. The third-order valence-corrected chi connectivity index (χ3v) is 9.91. The van der Waals surface area contributed by atoms with Crippen molar-refractivity contribution >= 4 is 23.2 Å². The Morgan fingerprint density at radius 3 is 2.60 bits per heavy atom. The molecule has 43 heavy (non-hydrogen) atoms. The molecule has 2 fully saturated rings. The highest BCUT2D eigenvalue weighted by Gasteiger charge is 2.40. The zero-order chi connectivity index (χ0) is 30.5. The second kappa shape index (κ2) is 14.0. The van der Waals surface area contributed by atoms with Crippen molar-refractivity contribution in [3.63, 3.8) is 0 Å². The van der Waals surface area contributed by atoms with Crippen molar-refractivity contribution in [2.45, 2.75) is 90.8 Å². The number of aryl methyl sites for hydroxylation is 1. The number of hydrogen-bond acceptors (Lipinski definition) is 8. The summed E-state index contributed by atoms with van der Waals surface area (Å²) in [5.41, 5.74) is 5.00. The van der Waals surface area contributed by atoms with E-state index in [9.17, 15) is 9.59 Å². The minimum atomic E-state index is -0.541. The second-order valence-electron chi connectivity index (χ2n) is 12.3. The molecule has 4 atom stereocenters. The van der Waals surface area contributed by atoms with E-state index in [0.717, 1.165) is 41.2 Å². The van der Waals surface area contributed by atoms with Crippen LogP contribution in [0.1, 0.15) is 88.8 Å². The monoisotopic (exact) mass is 607 g/mol. The molecule has 2 amide bonds. The number of carbonyl (C=O) groups excluding carboxylic acids is 2. The summed E-state index contributed by atoms with van der Waals surface area (Å²) in [5.74, 6) is 0.0781. The van der Waals surface area contributed by atoms with E-state index in [2.05, 4.69) is 39.4 Å². The molecule has 2 aromatic heterocycles. The van der Waals surface area contributed by atoms with Crippen LogP contribution in [0.25, 0.3) is 10.4 Å². The molecular weight excluding hydrogens is 562 g/mol. The Morgan fingerprint density at radius 2 is 1.91 bits per heavy atom. The van der Waals surface area contributed by atoms with E-state index in [1.165, 1.54) is 19.3 Å². The van der Waals surface area contributed by atoms with Gasteiger partial charge in [0.25, 0.3) is 5.88 Å². The van der Waals surface area contributed by atoms with Crippen LogP contribution in [0.3, 0.4) is 0 Å². The normalized spacial score (nSPS) is 20.7. The molecule has 3 aromatic rings. The lowest BCUT2D eigenvalue weighted by Gasteiger charge is -2.32. The average Bonchev–Trinajstić information content (AvgIpc) is 3.76. The number of aromatic nitrogens is 2. The summed E-state index contributed by atoms with van der Waals surface area (Å²) < 4.78 is 11.6. The molecule has 9 nitrogen and oxygen atoms in total. The van der Waals surface area contributed by atoms with E-state index in [1.54, 1.807) is 22.3 Å². The molecule has 0 unspecified atom stereocenters. The maximum absolute atomic E-state index is 13.9. The highest BCUT2D eigenvalue weighted by molar-refractivity contribution is 7.13. The maximum Gasteiger partial charge on any atom is 0.254 e. The number of hydrogen-bond donors (Lipinski definition) is 1. The number of amides is 2. The van der Waals surface area contributed by atoms with Gasteiger partial charge >= 0.3 is 0 Å². The Balaban J connectivity index is 1.19. The number of piperidine rings is 1. The molecule has 10 heteroatoms. The lowest BCUT2D eigenvalue weighted by Crippen LogP contribution is -2.48. The molecule has 1 N–H and O–H groups in total. The van der Waals surface area contributed by atoms with Crippen molar-refractivity contribution in [3.8, 4) is 16.3 Å². The lowest BCUT2D eigenvalue weighted by atomic mass is 9.91. The van der Waals surface area contributed by atoms with Crippen molar-refractivity contribution in [1.82, 2.24) is 25.3 Å². The fraction of sp³-hybridized carbons (Fsp3) is 0.576. The topological polar surface area (TPSA) is 101 Å². The highest BCUT2D eigenvalue weighted by atomic mass is 32.1. The number of thiazole rings is 1. The van der Waals surface area contributed by atoms with E-state index in [1.807, 2.05) is 45.3 Å². The number of rotatable bonds is 11. The van der Waals surface area contributed by atoms with E-state index < -0.39 is 12.0 Å². The standard InChI is InChI=1S/C33H45N5O4S/c1-21(2)30(28-19-29(36-42-28)41-18-17-37-15-7-6-9-22(37)3)33(40)38-16-8-10-27(38)32(39)35-23(4)25-11-13-26(14-12-25)31-24(5)34-20-43-31/h11-14,19-23,27,30H,6-10,15-18H2,1-5H3,(H,35,39)/t22-,23+,27+,30-/m1/s1. The summed E-state index contributed by atoms with van der Waals surface area (Å²) in [5, 5.41) is 7.27. The molecule has 4 heterocycles. The molecule has 0 bridgehead atoms. The first-order valence-electron chi connectivity index (χ1n) is 15.7. The minimum Gasteiger partial charge on any atom is -0.474 e. The van der Waals surface area contributed by atoms with E-state index in [4.69, 9.17) is 9.26 Å². The second-order valence-corrected chi connectivity index (χ2v) is 13.2. The number of ether oxygens (including phenoxy) is 1. The van der Waals surface area contributed by atoms with Gasteiger partial charge in [-0.3, -0.25) is 14.5 Å². The first-order valence-corrected chi connectivity index (χ1v) is 16.6. The van der Waals surface area contributed by atoms with Gasteiger partial charge < -0.3 is 19.5 Å². The van der Waals surface area contributed by atoms with Crippen LogP contribution in [0.4, 0.5) is 0 Å². The van der Waals surface area contributed by atoms with E-state index in [0.29, 0.717) is 37.3 Å². The summed E-state index contributed by atoms with van der Waals surface area (Å²) in [6.07, 6.45) is 5.16. The molecule has 0 saturated carbocycles. The molecule has 232 valence electrons. The third kappa shape index (κ3) is 7.29. The van der Waals surface area contributed by atoms with Crippen molar-refractivity contribution in [3.05, 3.63) is 52.9 Å². The van der Waals surface area contributed by atoms with Gasteiger partial charge in [0, 0.05) is 25.2 Å². The molecule has 2 aliphatic rings. The van der Waals surface area contributed by atoms with Gasteiger partial charge in [0.15, 0.2) is 5.76 Å². The summed E-state index contributed by atoms with van der Waals surface area (Å²) in [4.78, 5) is 37.1. The largest absolute Gasteiger partial charge is 0.474 e. The number of nitrogens with one attached hydrogen (secondary N) is 1. The fourth-order valence-corrected chi connectivity index (χ4v) is 7.17. The van der Waals surface area contributed by atoms with Crippen LogP contribution in [0.5, 0.6) is 5.88 Å². The Hall–Kier alpha value is -3.24. The molecule has 2 aliphatic heterocycles. The van der Waals surface area contributed by atoms with Crippen molar-refractivity contribution in [2.24, 2.45) is 5.92 Å². The summed E-state index contributed by atoms with van der Waals surface area (Å²) in [7, 11) is 0. The molecule has 0 radical (unpaired) electrons. The maximum atomic E-state index is 13.9. The van der Waals surface area contributed by atoms with Crippen LogP contribution in [-0.2, 0) is 9.59 Å². The zero-order valence-electron chi connectivity index (χ0n) is 26.0. The molecule has 1 aromatic carbocycles. The quantitative estimate of drug-likeness (QED) is 0.287. The van der Waals surface area contributed by atoms with Crippen molar-refractivity contribution in [1.29, 1.82) is 0 Å². The number of nitrogens with zero attached hydrogens (tertiary/aromatic N) is 4. The fourth-order valence-electron chi connectivity index (χ4n) is 6.36. The highest BCUT2D eigenvalue weighted by Crippen LogP contribution is 2.33. The van der Waals surface area contributed by atoms with E-state index in [-0.39, 0.29) is 23.8 Å². The summed E-state index contributed by atoms with van der Waals surface area (Å²) >= 11 is 1.62.